The molecule has 4 saturated heterocycles. The van der Waals surface area contributed by atoms with Crippen LogP contribution in [0.1, 0.15) is 134 Å². The standard InChI is InChI=1S/4C4H8O.4C4H9.Li.Sm/c4*1-2-4-5-3-1;4*1-4(2)3;;/h4*1-4H2;4*1-3H3;;/q;;;;4*-1;+1;+3. The maximum atomic E-state index is 4.94. The van der Waals surface area contributed by atoms with Gasteiger partial charge in [0.05, 0.1) is 0 Å². The van der Waals surface area contributed by atoms with Gasteiger partial charge in [0.15, 0.2) is 0 Å². The summed E-state index contributed by atoms with van der Waals surface area (Å²) in [7, 11) is 0. The molecule has 4 heterocycles. The van der Waals surface area contributed by atoms with Crippen LogP contribution in [0.3, 0.4) is 0 Å². The number of hydrogen-bond acceptors (Lipinski definition) is 4. The van der Waals surface area contributed by atoms with Crippen LogP contribution in [-0.4, -0.2) is 52.9 Å². The maximum absolute atomic E-state index is 4.94. The molecule has 6 heteroatoms. The Hall–Kier alpha value is 1.78. The summed E-state index contributed by atoms with van der Waals surface area (Å²) in [6.45, 7) is 33.0. The molecule has 0 amide bonds. The maximum Gasteiger partial charge on any atom is 3.00 e. The Morgan fingerprint density at radius 2 is 0.368 bits per heavy atom. The molecule has 0 atom stereocenters. The first-order chi connectivity index (χ1) is 16.9. The molecule has 0 aromatic rings. The summed E-state index contributed by atoms with van der Waals surface area (Å²) in [5, 5.41) is 0. The van der Waals surface area contributed by atoms with E-state index < -0.39 is 0 Å². The Kier molecular flexibility index (Phi) is 66.9. The molecule has 38 heavy (non-hydrogen) atoms. The van der Waals surface area contributed by atoms with Crippen LogP contribution in [0.15, 0.2) is 0 Å². The topological polar surface area (TPSA) is 36.9 Å². The van der Waals surface area contributed by atoms with Gasteiger partial charge in [-0.25, -0.2) is 0 Å². The van der Waals surface area contributed by atoms with E-state index in [9.17, 15) is 0 Å². The van der Waals surface area contributed by atoms with Crippen LogP contribution in [0.4, 0.5) is 0 Å². The van der Waals surface area contributed by atoms with Crippen LogP contribution < -0.4 is 18.9 Å². The van der Waals surface area contributed by atoms with Crippen LogP contribution in [0, 0.1) is 64.1 Å². The Labute approximate surface area is 286 Å². The number of rotatable bonds is 0. The summed E-state index contributed by atoms with van der Waals surface area (Å²) in [4.78, 5) is 0. The molecule has 4 fully saturated rings. The van der Waals surface area contributed by atoms with Gasteiger partial charge in [-0.2, -0.15) is 83.1 Å². The monoisotopic (exact) mass is 675 g/mol. The van der Waals surface area contributed by atoms with Crippen molar-refractivity contribution in [3.8, 4) is 0 Å². The van der Waals surface area contributed by atoms with Crippen molar-refractivity contribution in [1.29, 1.82) is 0 Å². The van der Waals surface area contributed by atoms with E-state index in [0.717, 1.165) is 52.9 Å². The molecular weight excluding hydrogens is 606 g/mol. The summed E-state index contributed by atoms with van der Waals surface area (Å²) in [6.07, 6.45) is 10.2. The molecule has 0 saturated carbocycles. The molecule has 0 bridgehead atoms. The summed E-state index contributed by atoms with van der Waals surface area (Å²) in [5.41, 5.74) is 0. The van der Waals surface area contributed by atoms with Crippen molar-refractivity contribution in [3.05, 3.63) is 23.7 Å². The second kappa shape index (κ2) is 48.5. The van der Waals surface area contributed by atoms with Crippen molar-refractivity contribution in [3.63, 3.8) is 0 Å². The molecule has 0 N–H and O–H groups in total. The van der Waals surface area contributed by atoms with Crippen molar-refractivity contribution in [2.75, 3.05) is 52.9 Å². The Morgan fingerprint density at radius 3 is 0.395 bits per heavy atom. The third kappa shape index (κ3) is 108. The van der Waals surface area contributed by atoms with Crippen molar-refractivity contribution in [2.24, 2.45) is 0 Å². The fourth-order valence-corrected chi connectivity index (χ4v) is 2.04. The Morgan fingerprint density at radius 1 is 0.289 bits per heavy atom. The van der Waals surface area contributed by atoms with Gasteiger partial charge in [-0.15, -0.1) is 0 Å². The third-order valence-corrected chi connectivity index (χ3v) is 3.31. The van der Waals surface area contributed by atoms with E-state index >= 15 is 0 Å². The Bertz CT molecular complexity index is 222. The van der Waals surface area contributed by atoms with Crippen molar-refractivity contribution >= 4 is 0 Å². The second-order valence-electron chi connectivity index (χ2n) is 11.3. The minimum Gasteiger partial charge on any atom is -0.381 e. The smallest absolute Gasteiger partial charge is 0.381 e. The summed E-state index contributed by atoms with van der Waals surface area (Å²) in [6, 6.07) is 0. The number of hydrogen-bond donors (Lipinski definition) is 0. The predicted octanol–water partition coefficient (Wildman–Crippen LogP) is 6.67. The normalized spacial score (nSPS) is 16.4. The van der Waals surface area contributed by atoms with E-state index in [1.807, 2.05) is 0 Å². The molecule has 0 aromatic carbocycles. The molecule has 0 spiro atoms. The van der Waals surface area contributed by atoms with E-state index in [1.165, 1.54) is 75.0 Å². The third-order valence-electron chi connectivity index (χ3n) is 3.31. The molecular formula is C32H68LiO4Sm. The van der Waals surface area contributed by atoms with Gasteiger partial charge in [0.1, 0.15) is 0 Å². The quantitative estimate of drug-likeness (QED) is 0.213. The first-order valence-corrected chi connectivity index (χ1v) is 14.3. The molecule has 4 rings (SSSR count). The average molecular weight is 674 g/mol. The minimum atomic E-state index is 0. The van der Waals surface area contributed by atoms with E-state index in [1.54, 1.807) is 0 Å². The molecule has 4 nitrogen and oxygen atoms in total. The van der Waals surface area contributed by atoms with Crippen molar-refractivity contribution in [1.82, 2.24) is 0 Å². The average Bonchev–Trinajstić information content (AvgIpc) is 3.60. The van der Waals surface area contributed by atoms with Gasteiger partial charge >= 0.3 is 59.2 Å². The minimum absolute atomic E-state index is 0. The molecule has 4 aliphatic heterocycles. The fraction of sp³-hybridized carbons (Fsp3) is 0.875. The fourth-order valence-electron chi connectivity index (χ4n) is 2.04. The first kappa shape index (κ1) is 52.4. The summed E-state index contributed by atoms with van der Waals surface area (Å²) >= 11 is 0. The predicted molar refractivity (Wildman–Crippen MR) is 161 cm³/mol. The van der Waals surface area contributed by atoms with E-state index in [0.29, 0.717) is 0 Å². The van der Waals surface area contributed by atoms with E-state index in [2.05, 4.69) is 83.1 Å². The van der Waals surface area contributed by atoms with Crippen LogP contribution in [0.5, 0.6) is 0 Å². The zero-order chi connectivity index (χ0) is 28.5. The van der Waals surface area contributed by atoms with Gasteiger partial charge in [0, 0.05) is 52.9 Å². The second-order valence-corrected chi connectivity index (χ2v) is 11.3. The SMILES string of the molecule is C1CCOC1.C1CCOC1.C1CCOC1.C1CCOC1.C[C-](C)C.C[C-](C)C.C[C-](C)C.C[C-](C)C.[Li+].[Sm+3]. The summed E-state index contributed by atoms with van der Waals surface area (Å²) < 4.78 is 19.8. The van der Waals surface area contributed by atoms with E-state index in [4.69, 9.17) is 18.9 Å². The van der Waals surface area contributed by atoms with Crippen molar-refractivity contribution < 1.29 is 78.2 Å². The van der Waals surface area contributed by atoms with Crippen LogP contribution in [0.25, 0.3) is 0 Å². The van der Waals surface area contributed by atoms with Crippen LogP contribution in [0.2, 0.25) is 0 Å². The van der Waals surface area contributed by atoms with Gasteiger partial charge in [-0.1, -0.05) is 0 Å². The van der Waals surface area contributed by atoms with Gasteiger partial charge < -0.3 is 42.6 Å². The van der Waals surface area contributed by atoms with Crippen molar-refractivity contribution in [2.45, 2.75) is 134 Å². The first-order valence-electron chi connectivity index (χ1n) is 14.3. The zero-order valence-electron chi connectivity index (χ0n) is 28.4. The number of ether oxygens (including phenoxy) is 4. The molecule has 0 unspecified atom stereocenters. The molecule has 4 aliphatic rings. The Balaban J connectivity index is -0.0000000767. The molecule has 1 radical (unpaired) electrons. The largest absolute Gasteiger partial charge is 3.00 e. The van der Waals surface area contributed by atoms with Crippen LogP contribution >= 0.6 is 0 Å². The molecule has 0 aromatic heterocycles. The molecule has 227 valence electrons. The molecule has 0 aliphatic carbocycles. The zero-order valence-corrected chi connectivity index (χ0v) is 31.0. The van der Waals surface area contributed by atoms with Gasteiger partial charge in [-0.05, 0) is 51.4 Å². The van der Waals surface area contributed by atoms with E-state index in [-0.39, 0.29) is 59.2 Å². The van der Waals surface area contributed by atoms with Crippen LogP contribution in [-0.2, 0) is 18.9 Å². The summed E-state index contributed by atoms with van der Waals surface area (Å²) in [5.74, 6) is 5.67. The van der Waals surface area contributed by atoms with Gasteiger partial charge in [0.2, 0.25) is 0 Å². The van der Waals surface area contributed by atoms with Gasteiger partial charge in [0.25, 0.3) is 0 Å². The van der Waals surface area contributed by atoms with Gasteiger partial charge in [-0.3, -0.25) is 0 Å².